The number of hydrogen-bond acceptors (Lipinski definition) is 3. The van der Waals surface area contributed by atoms with Gasteiger partial charge in [0.2, 0.25) is 11.8 Å². The molecule has 4 nitrogen and oxygen atoms in total. The van der Waals surface area contributed by atoms with Crippen molar-refractivity contribution >= 4 is 29.3 Å². The van der Waals surface area contributed by atoms with Crippen molar-refractivity contribution in [2.45, 2.75) is 26.3 Å². The summed E-state index contributed by atoms with van der Waals surface area (Å²) in [6.45, 7) is 4.01. The molecule has 1 heterocycles. The molecule has 1 fully saturated rings. The van der Waals surface area contributed by atoms with Crippen LogP contribution in [-0.2, 0) is 16.0 Å². The highest BCUT2D eigenvalue weighted by molar-refractivity contribution is 7.99. The number of amides is 2. The summed E-state index contributed by atoms with van der Waals surface area (Å²) in [5, 5.41) is 2.90. The Bertz CT molecular complexity index is 840. The standard InChI is InChI=1S/C20H21FN2O2S/c1-13-6-7-17(8-14(13)2)22-20(25)18-11-26-12-23(18)19(24)10-15-4-3-5-16(21)9-15/h3-9,18H,10-12H2,1-2H3,(H,22,25). The topological polar surface area (TPSA) is 49.4 Å². The highest BCUT2D eigenvalue weighted by atomic mass is 32.2. The van der Waals surface area contributed by atoms with Crippen LogP contribution in [0.5, 0.6) is 0 Å². The second kappa shape index (κ2) is 7.91. The van der Waals surface area contributed by atoms with Crippen molar-refractivity contribution in [3.63, 3.8) is 0 Å². The number of nitrogens with one attached hydrogen (secondary N) is 1. The molecule has 136 valence electrons. The van der Waals surface area contributed by atoms with Gasteiger partial charge in [0.15, 0.2) is 0 Å². The first kappa shape index (κ1) is 18.5. The Hall–Kier alpha value is -2.34. The fourth-order valence-electron chi connectivity index (χ4n) is 2.87. The third-order valence-corrected chi connectivity index (χ3v) is 5.54. The van der Waals surface area contributed by atoms with E-state index in [0.717, 1.165) is 16.8 Å². The summed E-state index contributed by atoms with van der Waals surface area (Å²) < 4.78 is 13.3. The van der Waals surface area contributed by atoms with Crippen LogP contribution >= 0.6 is 11.8 Å². The molecule has 1 N–H and O–H groups in total. The van der Waals surface area contributed by atoms with Gasteiger partial charge < -0.3 is 10.2 Å². The van der Waals surface area contributed by atoms with Crippen LogP contribution in [-0.4, -0.2) is 34.4 Å². The van der Waals surface area contributed by atoms with Gasteiger partial charge in [0.25, 0.3) is 0 Å². The maximum atomic E-state index is 13.3. The molecule has 1 aliphatic rings. The van der Waals surface area contributed by atoms with E-state index in [-0.39, 0.29) is 24.1 Å². The monoisotopic (exact) mass is 372 g/mol. The molecule has 2 aromatic rings. The van der Waals surface area contributed by atoms with E-state index in [1.54, 1.807) is 28.8 Å². The van der Waals surface area contributed by atoms with E-state index in [1.807, 2.05) is 32.0 Å². The van der Waals surface area contributed by atoms with Crippen LogP contribution < -0.4 is 5.32 Å². The second-order valence-corrected chi connectivity index (χ2v) is 7.47. The number of carbonyl (C=O) groups excluding carboxylic acids is 2. The molecule has 0 aliphatic carbocycles. The quantitative estimate of drug-likeness (QED) is 0.893. The molecule has 0 aromatic heterocycles. The van der Waals surface area contributed by atoms with Crippen molar-refractivity contribution in [1.82, 2.24) is 4.90 Å². The number of halogens is 1. The number of thioether (sulfide) groups is 1. The zero-order valence-corrected chi connectivity index (χ0v) is 15.6. The van der Waals surface area contributed by atoms with Crippen LogP contribution in [0.2, 0.25) is 0 Å². The number of aryl methyl sites for hydroxylation is 2. The summed E-state index contributed by atoms with van der Waals surface area (Å²) in [6.07, 6.45) is 0.0890. The molecule has 0 bridgehead atoms. The maximum Gasteiger partial charge on any atom is 0.248 e. The van der Waals surface area contributed by atoms with Gasteiger partial charge in [-0.15, -0.1) is 11.8 Å². The largest absolute Gasteiger partial charge is 0.324 e. The number of hydrogen-bond donors (Lipinski definition) is 1. The summed E-state index contributed by atoms with van der Waals surface area (Å²) in [6, 6.07) is 11.2. The molecule has 1 aliphatic heterocycles. The number of nitrogens with zero attached hydrogens (tertiary/aromatic N) is 1. The van der Waals surface area contributed by atoms with Gasteiger partial charge in [-0.2, -0.15) is 0 Å². The van der Waals surface area contributed by atoms with Crippen molar-refractivity contribution in [2.75, 3.05) is 16.9 Å². The predicted octanol–water partition coefficient (Wildman–Crippen LogP) is 3.53. The lowest BCUT2D eigenvalue weighted by atomic mass is 10.1. The van der Waals surface area contributed by atoms with Gasteiger partial charge in [0.1, 0.15) is 11.9 Å². The van der Waals surface area contributed by atoms with E-state index in [0.29, 0.717) is 17.2 Å². The first-order valence-corrected chi connectivity index (χ1v) is 9.59. The molecular formula is C20H21FN2O2S. The van der Waals surface area contributed by atoms with E-state index in [2.05, 4.69) is 5.32 Å². The molecule has 0 saturated carbocycles. The average Bonchev–Trinajstić information content (AvgIpc) is 3.08. The Balaban J connectivity index is 1.67. The van der Waals surface area contributed by atoms with Gasteiger partial charge in [0.05, 0.1) is 12.3 Å². The van der Waals surface area contributed by atoms with Gasteiger partial charge in [-0.25, -0.2) is 4.39 Å². The van der Waals surface area contributed by atoms with E-state index < -0.39 is 6.04 Å². The van der Waals surface area contributed by atoms with Crippen molar-refractivity contribution in [1.29, 1.82) is 0 Å². The third-order valence-electron chi connectivity index (χ3n) is 4.52. The van der Waals surface area contributed by atoms with Gasteiger partial charge in [0, 0.05) is 11.4 Å². The zero-order valence-electron chi connectivity index (χ0n) is 14.8. The molecule has 1 saturated heterocycles. The number of anilines is 1. The van der Waals surface area contributed by atoms with Gasteiger partial charge in [-0.3, -0.25) is 9.59 Å². The number of rotatable bonds is 4. The lowest BCUT2D eigenvalue weighted by Crippen LogP contribution is -2.45. The van der Waals surface area contributed by atoms with Crippen LogP contribution in [0.25, 0.3) is 0 Å². The highest BCUT2D eigenvalue weighted by Gasteiger charge is 2.34. The molecule has 3 rings (SSSR count). The number of carbonyl (C=O) groups is 2. The molecule has 6 heteroatoms. The van der Waals surface area contributed by atoms with E-state index in [4.69, 9.17) is 0 Å². The minimum atomic E-state index is -0.511. The van der Waals surface area contributed by atoms with Gasteiger partial charge >= 0.3 is 0 Å². The van der Waals surface area contributed by atoms with Gasteiger partial charge in [-0.1, -0.05) is 18.2 Å². The normalized spacial score (nSPS) is 16.6. The molecule has 0 spiro atoms. The van der Waals surface area contributed by atoms with Crippen LogP contribution in [0.4, 0.5) is 10.1 Å². The van der Waals surface area contributed by atoms with Crippen molar-refractivity contribution in [2.24, 2.45) is 0 Å². The first-order valence-electron chi connectivity index (χ1n) is 8.44. The first-order chi connectivity index (χ1) is 12.4. The van der Waals surface area contributed by atoms with E-state index in [1.165, 1.54) is 12.1 Å². The molecular weight excluding hydrogens is 351 g/mol. The summed E-state index contributed by atoms with van der Waals surface area (Å²) in [5.41, 5.74) is 3.60. The SMILES string of the molecule is Cc1ccc(NC(=O)C2CSCN2C(=O)Cc2cccc(F)c2)cc1C. The van der Waals surface area contributed by atoms with E-state index >= 15 is 0 Å². The summed E-state index contributed by atoms with van der Waals surface area (Å²) in [7, 11) is 0. The lowest BCUT2D eigenvalue weighted by molar-refractivity contribution is -0.135. The summed E-state index contributed by atoms with van der Waals surface area (Å²) in [4.78, 5) is 26.8. The molecule has 1 unspecified atom stereocenters. The van der Waals surface area contributed by atoms with Crippen molar-refractivity contribution < 1.29 is 14.0 Å². The molecule has 0 radical (unpaired) electrons. The minimum absolute atomic E-state index is 0.0890. The van der Waals surface area contributed by atoms with Crippen molar-refractivity contribution in [3.05, 3.63) is 65.0 Å². The van der Waals surface area contributed by atoms with Crippen LogP contribution in [0.15, 0.2) is 42.5 Å². The molecule has 1 atom stereocenters. The summed E-state index contributed by atoms with van der Waals surface area (Å²) in [5.74, 6) is 0.312. The Kier molecular flexibility index (Phi) is 5.61. The number of benzene rings is 2. The predicted molar refractivity (Wildman–Crippen MR) is 103 cm³/mol. The molecule has 26 heavy (non-hydrogen) atoms. The summed E-state index contributed by atoms with van der Waals surface area (Å²) >= 11 is 1.55. The fraction of sp³-hybridized carbons (Fsp3) is 0.300. The third kappa shape index (κ3) is 4.25. The second-order valence-electron chi connectivity index (χ2n) is 6.47. The highest BCUT2D eigenvalue weighted by Crippen LogP contribution is 2.24. The Morgan fingerprint density at radius 2 is 2.00 bits per heavy atom. The minimum Gasteiger partial charge on any atom is -0.324 e. The van der Waals surface area contributed by atoms with Gasteiger partial charge in [-0.05, 0) is 54.8 Å². The fourth-order valence-corrected chi connectivity index (χ4v) is 4.05. The Morgan fingerprint density at radius 1 is 1.19 bits per heavy atom. The van der Waals surface area contributed by atoms with Crippen molar-refractivity contribution in [3.8, 4) is 0 Å². The zero-order chi connectivity index (χ0) is 18.7. The van der Waals surface area contributed by atoms with Crippen LogP contribution in [0, 0.1) is 19.7 Å². The Labute approximate surface area is 156 Å². The Morgan fingerprint density at radius 3 is 2.73 bits per heavy atom. The van der Waals surface area contributed by atoms with Crippen LogP contribution in [0.3, 0.4) is 0 Å². The molecule has 2 aromatic carbocycles. The smallest absolute Gasteiger partial charge is 0.248 e. The average molecular weight is 372 g/mol. The molecule has 2 amide bonds. The lowest BCUT2D eigenvalue weighted by Gasteiger charge is -2.23. The maximum absolute atomic E-state index is 13.3. The van der Waals surface area contributed by atoms with Crippen LogP contribution in [0.1, 0.15) is 16.7 Å². The van der Waals surface area contributed by atoms with E-state index in [9.17, 15) is 14.0 Å².